The minimum absolute atomic E-state index is 0.0291. The molecule has 1 nitrogen and oxygen atoms in total. The first-order chi connectivity index (χ1) is 6.66. The van der Waals surface area contributed by atoms with Crippen molar-refractivity contribution in [3.8, 4) is 5.75 Å². The van der Waals surface area contributed by atoms with Crippen molar-refractivity contribution in [3.05, 3.63) is 29.8 Å². The molecule has 1 aliphatic carbocycles. The van der Waals surface area contributed by atoms with Crippen LogP contribution in [0.5, 0.6) is 5.75 Å². The molecule has 1 aliphatic rings. The molecule has 4 heteroatoms. The van der Waals surface area contributed by atoms with Crippen molar-refractivity contribution in [2.45, 2.75) is 24.3 Å². The Morgan fingerprint density at radius 3 is 2.64 bits per heavy atom. The third-order valence-corrected chi connectivity index (χ3v) is 2.60. The standard InChI is InChI=1S/C10H9ClF2O/c11-6-4-7(5-6)14-9-3-1-2-8(12)10(9)13/h1-3,6-7H,4-5H2. The van der Waals surface area contributed by atoms with Crippen LogP contribution >= 0.6 is 11.6 Å². The van der Waals surface area contributed by atoms with Gasteiger partial charge in [0.1, 0.15) is 6.10 Å². The van der Waals surface area contributed by atoms with Crippen LogP contribution < -0.4 is 4.74 Å². The van der Waals surface area contributed by atoms with Crippen LogP contribution in [0.3, 0.4) is 0 Å². The molecule has 0 atom stereocenters. The van der Waals surface area contributed by atoms with Gasteiger partial charge in [0.2, 0.25) is 5.82 Å². The summed E-state index contributed by atoms with van der Waals surface area (Å²) in [4.78, 5) is 0. The second-order valence-corrected chi connectivity index (χ2v) is 3.98. The third kappa shape index (κ3) is 1.82. The molecule has 0 amide bonds. The van der Waals surface area contributed by atoms with E-state index in [2.05, 4.69) is 0 Å². The lowest BCUT2D eigenvalue weighted by atomic mass is 9.95. The summed E-state index contributed by atoms with van der Waals surface area (Å²) < 4.78 is 31.1. The van der Waals surface area contributed by atoms with Crippen LogP contribution in [0.2, 0.25) is 0 Å². The summed E-state index contributed by atoms with van der Waals surface area (Å²) in [5, 5.41) is 0.108. The normalized spacial score (nSPS) is 25.6. The Bertz CT molecular complexity index is 337. The number of rotatable bonds is 2. The Morgan fingerprint density at radius 1 is 1.29 bits per heavy atom. The smallest absolute Gasteiger partial charge is 0.200 e. The molecule has 0 saturated heterocycles. The highest BCUT2D eigenvalue weighted by molar-refractivity contribution is 6.21. The van der Waals surface area contributed by atoms with E-state index >= 15 is 0 Å². The fourth-order valence-corrected chi connectivity index (χ4v) is 1.75. The van der Waals surface area contributed by atoms with Crippen LogP contribution in [-0.2, 0) is 0 Å². The number of ether oxygens (including phenoxy) is 1. The molecule has 14 heavy (non-hydrogen) atoms. The lowest BCUT2D eigenvalue weighted by Crippen LogP contribution is -2.34. The van der Waals surface area contributed by atoms with E-state index < -0.39 is 11.6 Å². The zero-order valence-electron chi connectivity index (χ0n) is 7.34. The summed E-state index contributed by atoms with van der Waals surface area (Å²) in [5.41, 5.74) is 0. The monoisotopic (exact) mass is 218 g/mol. The highest BCUT2D eigenvalue weighted by atomic mass is 35.5. The van der Waals surface area contributed by atoms with E-state index in [4.69, 9.17) is 16.3 Å². The highest BCUT2D eigenvalue weighted by Gasteiger charge is 2.29. The van der Waals surface area contributed by atoms with E-state index in [1.54, 1.807) is 0 Å². The predicted octanol–water partition coefficient (Wildman–Crippen LogP) is 3.11. The third-order valence-electron chi connectivity index (χ3n) is 2.25. The Hall–Kier alpha value is -0.830. The highest BCUT2D eigenvalue weighted by Crippen LogP contribution is 2.31. The first-order valence-corrected chi connectivity index (χ1v) is 4.85. The summed E-state index contributed by atoms with van der Waals surface area (Å²) in [5.74, 6) is -1.84. The van der Waals surface area contributed by atoms with Crippen molar-refractivity contribution in [1.29, 1.82) is 0 Å². The SMILES string of the molecule is Fc1cccc(OC2CC(Cl)C2)c1F. The first-order valence-electron chi connectivity index (χ1n) is 4.41. The Kier molecular flexibility index (Phi) is 2.59. The van der Waals surface area contributed by atoms with Crippen molar-refractivity contribution in [2.75, 3.05) is 0 Å². The van der Waals surface area contributed by atoms with E-state index in [0.29, 0.717) is 12.8 Å². The maximum Gasteiger partial charge on any atom is 0.200 e. The molecule has 0 aromatic heterocycles. The van der Waals surface area contributed by atoms with Crippen LogP contribution in [0.15, 0.2) is 18.2 Å². The summed E-state index contributed by atoms with van der Waals surface area (Å²) in [6.45, 7) is 0. The van der Waals surface area contributed by atoms with Crippen molar-refractivity contribution < 1.29 is 13.5 Å². The van der Waals surface area contributed by atoms with Crippen molar-refractivity contribution in [1.82, 2.24) is 0 Å². The molecule has 0 spiro atoms. The van der Waals surface area contributed by atoms with Gasteiger partial charge in [-0.1, -0.05) is 6.07 Å². The number of hydrogen-bond donors (Lipinski definition) is 0. The molecule has 0 unspecified atom stereocenters. The zero-order chi connectivity index (χ0) is 10.1. The van der Waals surface area contributed by atoms with Crippen LogP contribution in [0.25, 0.3) is 0 Å². The van der Waals surface area contributed by atoms with Gasteiger partial charge in [0.15, 0.2) is 11.6 Å². The summed E-state index contributed by atoms with van der Waals surface area (Å²) in [6.07, 6.45) is 1.31. The molecular formula is C10H9ClF2O. The number of hydrogen-bond acceptors (Lipinski definition) is 1. The second kappa shape index (κ2) is 3.73. The van der Waals surface area contributed by atoms with Crippen LogP contribution in [-0.4, -0.2) is 11.5 Å². The topological polar surface area (TPSA) is 9.23 Å². The van der Waals surface area contributed by atoms with Gasteiger partial charge in [-0.15, -0.1) is 11.6 Å². The quantitative estimate of drug-likeness (QED) is 0.693. The van der Waals surface area contributed by atoms with Gasteiger partial charge in [-0.25, -0.2) is 4.39 Å². The first kappa shape index (κ1) is 9.71. The van der Waals surface area contributed by atoms with Crippen LogP contribution in [0.4, 0.5) is 8.78 Å². The lowest BCUT2D eigenvalue weighted by Gasteiger charge is -2.31. The van der Waals surface area contributed by atoms with Crippen LogP contribution in [0.1, 0.15) is 12.8 Å². The number of halogens is 3. The average Bonchev–Trinajstić information content (AvgIpc) is 2.10. The Labute approximate surface area is 85.6 Å². The van der Waals surface area contributed by atoms with E-state index in [9.17, 15) is 8.78 Å². The van der Waals surface area contributed by atoms with Gasteiger partial charge in [-0.3, -0.25) is 0 Å². The minimum atomic E-state index is -0.925. The summed E-state index contributed by atoms with van der Waals surface area (Å²) in [6, 6.07) is 3.90. The van der Waals surface area contributed by atoms with Gasteiger partial charge < -0.3 is 4.74 Å². The Morgan fingerprint density at radius 2 is 2.00 bits per heavy atom. The molecule has 2 rings (SSSR count). The molecule has 0 aliphatic heterocycles. The summed E-state index contributed by atoms with van der Waals surface area (Å²) in [7, 11) is 0. The van der Waals surface area contributed by atoms with Gasteiger partial charge in [-0.2, -0.15) is 4.39 Å². The van der Waals surface area contributed by atoms with Gasteiger partial charge in [-0.05, 0) is 12.1 Å². The van der Waals surface area contributed by atoms with Crippen molar-refractivity contribution in [2.24, 2.45) is 0 Å². The minimum Gasteiger partial charge on any atom is -0.487 e. The fourth-order valence-electron chi connectivity index (χ4n) is 1.35. The molecule has 1 saturated carbocycles. The lowest BCUT2D eigenvalue weighted by molar-refractivity contribution is 0.117. The largest absolute Gasteiger partial charge is 0.487 e. The van der Waals surface area contributed by atoms with Crippen molar-refractivity contribution in [3.63, 3.8) is 0 Å². The van der Waals surface area contributed by atoms with Gasteiger partial charge in [0.05, 0.1) is 0 Å². The predicted molar refractivity (Wildman–Crippen MR) is 49.6 cm³/mol. The van der Waals surface area contributed by atoms with Gasteiger partial charge >= 0.3 is 0 Å². The molecule has 0 radical (unpaired) electrons. The van der Waals surface area contributed by atoms with Crippen molar-refractivity contribution >= 4 is 11.6 Å². The van der Waals surface area contributed by atoms with Gasteiger partial charge in [0, 0.05) is 18.2 Å². The van der Waals surface area contributed by atoms with E-state index in [-0.39, 0.29) is 17.2 Å². The van der Waals surface area contributed by atoms with E-state index in [1.165, 1.54) is 12.1 Å². The molecule has 0 heterocycles. The maximum absolute atomic E-state index is 13.1. The second-order valence-electron chi connectivity index (χ2n) is 3.36. The Balaban J connectivity index is 2.06. The fraction of sp³-hybridized carbons (Fsp3) is 0.400. The maximum atomic E-state index is 13.1. The van der Waals surface area contributed by atoms with Gasteiger partial charge in [0.25, 0.3) is 0 Å². The molecule has 76 valence electrons. The molecule has 0 N–H and O–H groups in total. The average molecular weight is 219 g/mol. The van der Waals surface area contributed by atoms with E-state index in [0.717, 1.165) is 6.07 Å². The molecule has 0 bridgehead atoms. The summed E-state index contributed by atoms with van der Waals surface area (Å²) >= 11 is 5.73. The number of benzene rings is 1. The molecule has 1 aromatic rings. The molecule has 1 fully saturated rings. The molecule has 1 aromatic carbocycles. The number of alkyl halides is 1. The zero-order valence-corrected chi connectivity index (χ0v) is 8.10. The van der Waals surface area contributed by atoms with E-state index in [1.807, 2.05) is 0 Å². The van der Waals surface area contributed by atoms with Crippen LogP contribution in [0, 0.1) is 11.6 Å². The molecular weight excluding hydrogens is 210 g/mol.